The third kappa shape index (κ3) is 4.30. The van der Waals surface area contributed by atoms with Crippen LogP contribution in [0.5, 0.6) is 0 Å². The molecule has 0 saturated carbocycles. The van der Waals surface area contributed by atoms with Gasteiger partial charge in [-0.1, -0.05) is 0 Å². The fourth-order valence-corrected chi connectivity index (χ4v) is 1.95. The number of nitrogens with one attached hydrogen (secondary N) is 2. The second-order valence-electron chi connectivity index (χ2n) is 4.52. The van der Waals surface area contributed by atoms with Crippen molar-refractivity contribution < 1.29 is 14.6 Å². The van der Waals surface area contributed by atoms with Gasteiger partial charge in [0.1, 0.15) is 0 Å². The number of thiocarbonyl (C=S) groups is 1. The predicted molar refractivity (Wildman–Crippen MR) is 89.9 cm³/mol. The van der Waals surface area contributed by atoms with Gasteiger partial charge in [0.2, 0.25) is 0 Å². The van der Waals surface area contributed by atoms with Gasteiger partial charge in [-0.2, -0.15) is 0 Å². The molecule has 0 aliphatic carbocycles. The maximum Gasteiger partial charge on any atom is 0.269 e. The molecule has 2 rings (SSSR count). The van der Waals surface area contributed by atoms with E-state index >= 15 is 0 Å². The zero-order valence-electron chi connectivity index (χ0n) is 12.0. The van der Waals surface area contributed by atoms with E-state index in [0.29, 0.717) is 5.69 Å². The van der Waals surface area contributed by atoms with Gasteiger partial charge in [0.25, 0.3) is 17.3 Å². The van der Waals surface area contributed by atoms with Gasteiger partial charge in [-0.15, -0.1) is 0 Å². The second-order valence-corrected chi connectivity index (χ2v) is 4.92. The molecule has 24 heavy (non-hydrogen) atoms. The molecule has 0 fully saturated rings. The van der Waals surface area contributed by atoms with Crippen LogP contribution in [0.3, 0.4) is 0 Å². The lowest BCUT2D eigenvalue weighted by Gasteiger charge is -2.09. The SMILES string of the molecule is O=C(NC(=S)Nc1ccc([N+](=O)[O-])cc1)c1ccc([N+](=O)[O-])cc1. The number of amides is 1. The van der Waals surface area contributed by atoms with Crippen LogP contribution in [-0.2, 0) is 0 Å². The van der Waals surface area contributed by atoms with Gasteiger partial charge in [0.05, 0.1) is 9.85 Å². The average Bonchev–Trinajstić information content (AvgIpc) is 2.55. The van der Waals surface area contributed by atoms with E-state index in [1.807, 2.05) is 0 Å². The van der Waals surface area contributed by atoms with Gasteiger partial charge in [-0.3, -0.25) is 30.3 Å². The van der Waals surface area contributed by atoms with Crippen LogP contribution in [0.15, 0.2) is 48.5 Å². The molecule has 9 nitrogen and oxygen atoms in total. The first-order valence-electron chi connectivity index (χ1n) is 6.48. The van der Waals surface area contributed by atoms with Crippen molar-refractivity contribution in [2.45, 2.75) is 0 Å². The van der Waals surface area contributed by atoms with Gasteiger partial charge >= 0.3 is 0 Å². The summed E-state index contributed by atoms with van der Waals surface area (Å²) < 4.78 is 0. The minimum absolute atomic E-state index is 0.00722. The van der Waals surface area contributed by atoms with E-state index in [1.54, 1.807) is 0 Å². The van der Waals surface area contributed by atoms with Crippen molar-refractivity contribution in [1.29, 1.82) is 0 Å². The Morgan fingerprint density at radius 3 is 1.79 bits per heavy atom. The number of non-ortho nitro benzene ring substituents is 2. The number of nitrogens with zero attached hydrogens (tertiary/aromatic N) is 2. The summed E-state index contributed by atoms with van der Waals surface area (Å²) in [5, 5.41) is 26.2. The molecule has 2 N–H and O–H groups in total. The molecule has 0 atom stereocenters. The highest BCUT2D eigenvalue weighted by Gasteiger charge is 2.11. The van der Waals surface area contributed by atoms with Crippen LogP contribution in [0, 0.1) is 20.2 Å². The highest BCUT2D eigenvalue weighted by Crippen LogP contribution is 2.15. The molecule has 10 heteroatoms. The predicted octanol–water partition coefficient (Wildman–Crippen LogP) is 2.63. The van der Waals surface area contributed by atoms with E-state index in [9.17, 15) is 25.0 Å². The standard InChI is InChI=1S/C14H10N4O5S/c19-13(9-1-5-11(6-2-9)17(20)21)16-14(24)15-10-3-7-12(8-4-10)18(22)23/h1-8H,(H2,15,16,19,24). The van der Waals surface area contributed by atoms with Crippen LogP contribution >= 0.6 is 12.2 Å². The van der Waals surface area contributed by atoms with Gasteiger partial charge in [0.15, 0.2) is 5.11 Å². The van der Waals surface area contributed by atoms with Crippen molar-refractivity contribution in [3.63, 3.8) is 0 Å². The highest BCUT2D eigenvalue weighted by molar-refractivity contribution is 7.80. The molecule has 0 unspecified atom stereocenters. The summed E-state index contributed by atoms with van der Waals surface area (Å²) in [5.74, 6) is -0.538. The van der Waals surface area contributed by atoms with Crippen LogP contribution in [0.2, 0.25) is 0 Å². The largest absolute Gasteiger partial charge is 0.332 e. The van der Waals surface area contributed by atoms with Crippen molar-refractivity contribution in [2.24, 2.45) is 0 Å². The molecule has 0 radical (unpaired) electrons. The summed E-state index contributed by atoms with van der Waals surface area (Å²) in [6.07, 6.45) is 0. The average molecular weight is 346 g/mol. The highest BCUT2D eigenvalue weighted by atomic mass is 32.1. The Morgan fingerprint density at radius 1 is 0.875 bits per heavy atom. The summed E-state index contributed by atoms with van der Waals surface area (Å²) in [6, 6.07) is 10.5. The summed E-state index contributed by atoms with van der Waals surface area (Å²) in [4.78, 5) is 32.0. The molecule has 0 spiro atoms. The number of benzene rings is 2. The Kier molecular flexibility index (Phi) is 5.12. The molecule has 2 aromatic rings. The van der Waals surface area contributed by atoms with Crippen molar-refractivity contribution in [2.75, 3.05) is 5.32 Å². The van der Waals surface area contributed by atoms with E-state index in [0.717, 1.165) is 0 Å². The minimum atomic E-state index is -0.567. The Hall–Kier alpha value is -3.40. The maximum absolute atomic E-state index is 12.0. The fourth-order valence-electron chi connectivity index (χ4n) is 1.74. The first-order chi connectivity index (χ1) is 11.4. The normalized spacial score (nSPS) is 9.83. The van der Waals surface area contributed by atoms with Crippen molar-refractivity contribution in [3.05, 3.63) is 74.3 Å². The molecule has 0 aliphatic rings. The second kappa shape index (κ2) is 7.24. The maximum atomic E-state index is 12.0. The Balaban J connectivity index is 1.97. The molecule has 122 valence electrons. The molecular weight excluding hydrogens is 336 g/mol. The van der Waals surface area contributed by atoms with E-state index < -0.39 is 15.8 Å². The number of carbonyl (C=O) groups excluding carboxylic acids is 1. The van der Waals surface area contributed by atoms with E-state index in [2.05, 4.69) is 10.6 Å². The third-order valence-electron chi connectivity index (χ3n) is 2.90. The quantitative estimate of drug-likeness (QED) is 0.495. The summed E-state index contributed by atoms with van der Waals surface area (Å²) >= 11 is 4.98. The molecule has 2 aromatic carbocycles. The fraction of sp³-hybridized carbons (Fsp3) is 0. The first kappa shape index (κ1) is 17.0. The molecule has 0 bridgehead atoms. The van der Waals surface area contributed by atoms with Gasteiger partial charge in [-0.25, -0.2) is 0 Å². The minimum Gasteiger partial charge on any atom is -0.332 e. The summed E-state index contributed by atoms with van der Waals surface area (Å²) in [5.41, 5.74) is 0.475. The van der Waals surface area contributed by atoms with Crippen molar-refractivity contribution in [1.82, 2.24) is 5.32 Å². The Morgan fingerprint density at radius 2 is 1.33 bits per heavy atom. The number of nitro groups is 2. The Bertz CT molecular complexity index is 805. The summed E-state index contributed by atoms with van der Waals surface area (Å²) in [6.45, 7) is 0. The summed E-state index contributed by atoms with van der Waals surface area (Å²) in [7, 11) is 0. The monoisotopic (exact) mass is 346 g/mol. The Labute approximate surface area is 140 Å². The van der Waals surface area contributed by atoms with Crippen molar-refractivity contribution in [3.8, 4) is 0 Å². The van der Waals surface area contributed by atoms with Gasteiger partial charge in [-0.05, 0) is 36.5 Å². The molecular formula is C14H10N4O5S. The topological polar surface area (TPSA) is 127 Å². The first-order valence-corrected chi connectivity index (χ1v) is 6.89. The van der Waals surface area contributed by atoms with E-state index in [1.165, 1.54) is 48.5 Å². The molecule has 0 aromatic heterocycles. The van der Waals surface area contributed by atoms with Gasteiger partial charge in [0, 0.05) is 35.5 Å². The van der Waals surface area contributed by atoms with Crippen molar-refractivity contribution >= 4 is 40.3 Å². The lowest BCUT2D eigenvalue weighted by molar-refractivity contribution is -0.385. The van der Waals surface area contributed by atoms with Crippen LogP contribution in [-0.4, -0.2) is 20.9 Å². The zero-order chi connectivity index (χ0) is 17.7. The lowest BCUT2D eigenvalue weighted by atomic mass is 10.2. The van der Waals surface area contributed by atoms with Crippen LogP contribution in [0.1, 0.15) is 10.4 Å². The number of rotatable bonds is 4. The van der Waals surface area contributed by atoms with Gasteiger partial charge < -0.3 is 5.32 Å². The zero-order valence-corrected chi connectivity index (χ0v) is 12.8. The molecule has 0 aliphatic heterocycles. The molecule has 0 saturated heterocycles. The van der Waals surface area contributed by atoms with Crippen LogP contribution in [0.4, 0.5) is 17.1 Å². The number of anilines is 1. The van der Waals surface area contributed by atoms with Crippen LogP contribution < -0.4 is 10.6 Å². The van der Waals surface area contributed by atoms with E-state index in [4.69, 9.17) is 12.2 Å². The smallest absolute Gasteiger partial charge is 0.269 e. The van der Waals surface area contributed by atoms with E-state index in [-0.39, 0.29) is 22.1 Å². The lowest BCUT2D eigenvalue weighted by Crippen LogP contribution is -2.34. The molecule has 0 heterocycles. The number of hydrogen-bond acceptors (Lipinski definition) is 6. The number of carbonyl (C=O) groups is 1. The molecule has 1 amide bonds. The van der Waals surface area contributed by atoms with Crippen LogP contribution in [0.25, 0.3) is 0 Å². The third-order valence-corrected chi connectivity index (χ3v) is 3.11. The number of hydrogen-bond donors (Lipinski definition) is 2. The number of nitro benzene ring substituents is 2.